The summed E-state index contributed by atoms with van der Waals surface area (Å²) in [6.45, 7) is 6.54. The van der Waals surface area contributed by atoms with Crippen LogP contribution in [0.3, 0.4) is 0 Å². The lowest BCUT2D eigenvalue weighted by Crippen LogP contribution is -2.25. The molecule has 0 spiro atoms. The average Bonchev–Trinajstić information content (AvgIpc) is 2.81. The summed E-state index contributed by atoms with van der Waals surface area (Å²) in [5.41, 5.74) is 2.19. The van der Waals surface area contributed by atoms with Crippen LogP contribution in [0.5, 0.6) is 5.75 Å². The van der Waals surface area contributed by atoms with Gasteiger partial charge in [0, 0.05) is 12.1 Å². The van der Waals surface area contributed by atoms with Gasteiger partial charge in [-0.3, -0.25) is 0 Å². The Balaban J connectivity index is 1.90. The molecule has 0 radical (unpaired) electrons. The highest BCUT2D eigenvalue weighted by atomic mass is 32.1. The van der Waals surface area contributed by atoms with Gasteiger partial charge in [-0.25, -0.2) is 4.98 Å². The SMILES string of the molecule is CC(C)c1nc(N2CCOc3ccccc3C2)sc1CO. The fraction of sp³-hybridized carbons (Fsp3) is 0.438. The molecule has 1 aliphatic rings. The molecule has 0 saturated carbocycles. The molecule has 0 unspecified atom stereocenters. The minimum atomic E-state index is 0.0616. The highest BCUT2D eigenvalue weighted by Crippen LogP contribution is 2.33. The maximum absolute atomic E-state index is 9.52. The van der Waals surface area contributed by atoms with Crippen LogP contribution < -0.4 is 9.64 Å². The Hall–Kier alpha value is -1.59. The third-order valence-corrected chi connectivity index (χ3v) is 4.75. The van der Waals surface area contributed by atoms with Crippen LogP contribution in [0, 0.1) is 0 Å². The van der Waals surface area contributed by atoms with Crippen molar-refractivity contribution in [2.24, 2.45) is 0 Å². The Labute approximate surface area is 129 Å². The summed E-state index contributed by atoms with van der Waals surface area (Å²) < 4.78 is 5.80. The van der Waals surface area contributed by atoms with Gasteiger partial charge in [-0.2, -0.15) is 0 Å². The first-order chi connectivity index (χ1) is 10.2. The van der Waals surface area contributed by atoms with Crippen LogP contribution in [-0.2, 0) is 13.2 Å². The van der Waals surface area contributed by atoms with Crippen molar-refractivity contribution >= 4 is 16.5 Å². The van der Waals surface area contributed by atoms with E-state index in [1.165, 1.54) is 5.56 Å². The Morgan fingerprint density at radius 1 is 1.38 bits per heavy atom. The number of ether oxygens (including phenoxy) is 1. The highest BCUT2D eigenvalue weighted by molar-refractivity contribution is 7.15. The van der Waals surface area contributed by atoms with Gasteiger partial charge < -0.3 is 14.7 Å². The van der Waals surface area contributed by atoms with E-state index in [9.17, 15) is 5.11 Å². The summed E-state index contributed by atoms with van der Waals surface area (Å²) in [7, 11) is 0. The number of thiazole rings is 1. The molecule has 1 aromatic heterocycles. The zero-order valence-electron chi connectivity index (χ0n) is 12.4. The molecule has 112 valence electrons. The normalized spacial score (nSPS) is 14.8. The number of aliphatic hydroxyl groups excluding tert-OH is 1. The fourth-order valence-electron chi connectivity index (χ4n) is 2.54. The molecule has 0 fully saturated rings. The molecule has 2 heterocycles. The third kappa shape index (κ3) is 2.89. The zero-order chi connectivity index (χ0) is 14.8. The van der Waals surface area contributed by atoms with Crippen LogP contribution in [0.1, 0.15) is 35.9 Å². The Morgan fingerprint density at radius 2 is 2.19 bits per heavy atom. The van der Waals surface area contributed by atoms with E-state index in [1.807, 2.05) is 18.2 Å². The van der Waals surface area contributed by atoms with Gasteiger partial charge >= 0.3 is 0 Å². The number of aromatic nitrogens is 1. The second kappa shape index (κ2) is 6.03. The lowest BCUT2D eigenvalue weighted by Gasteiger charge is -2.18. The van der Waals surface area contributed by atoms with Gasteiger partial charge in [0.05, 0.1) is 23.7 Å². The van der Waals surface area contributed by atoms with Crippen molar-refractivity contribution < 1.29 is 9.84 Å². The first-order valence-corrected chi connectivity index (χ1v) is 8.06. The van der Waals surface area contributed by atoms with E-state index in [1.54, 1.807) is 11.3 Å². The molecule has 4 nitrogen and oxygen atoms in total. The second-order valence-electron chi connectivity index (χ2n) is 5.50. The molecule has 0 atom stereocenters. The number of aliphatic hydroxyl groups is 1. The number of hydrogen-bond donors (Lipinski definition) is 1. The van der Waals surface area contributed by atoms with Crippen molar-refractivity contribution in [1.29, 1.82) is 0 Å². The summed E-state index contributed by atoms with van der Waals surface area (Å²) >= 11 is 1.59. The Morgan fingerprint density at radius 3 is 2.90 bits per heavy atom. The topological polar surface area (TPSA) is 45.6 Å². The summed E-state index contributed by atoms with van der Waals surface area (Å²) in [5.74, 6) is 1.29. The second-order valence-corrected chi connectivity index (χ2v) is 6.56. The van der Waals surface area contributed by atoms with Crippen LogP contribution in [0.4, 0.5) is 5.13 Å². The summed E-state index contributed by atoms with van der Waals surface area (Å²) in [4.78, 5) is 7.96. The van der Waals surface area contributed by atoms with Gasteiger partial charge in [0.25, 0.3) is 0 Å². The van der Waals surface area contributed by atoms with E-state index in [4.69, 9.17) is 9.72 Å². The lowest BCUT2D eigenvalue weighted by molar-refractivity contribution is 0.283. The molecule has 3 rings (SSSR count). The Bertz CT molecular complexity index is 624. The lowest BCUT2D eigenvalue weighted by atomic mass is 10.1. The van der Waals surface area contributed by atoms with Crippen LogP contribution in [0.15, 0.2) is 24.3 Å². The van der Waals surface area contributed by atoms with Gasteiger partial charge in [-0.05, 0) is 12.0 Å². The van der Waals surface area contributed by atoms with Crippen molar-refractivity contribution in [3.05, 3.63) is 40.4 Å². The number of benzene rings is 1. The van der Waals surface area contributed by atoms with Crippen LogP contribution in [0.25, 0.3) is 0 Å². The quantitative estimate of drug-likeness (QED) is 0.946. The third-order valence-electron chi connectivity index (χ3n) is 3.63. The van der Waals surface area contributed by atoms with E-state index in [0.717, 1.165) is 34.5 Å². The standard InChI is InChI=1S/C16H20N2O2S/c1-11(2)15-14(10-19)21-16(17-15)18-7-8-20-13-6-4-3-5-12(13)9-18/h3-6,11,19H,7-10H2,1-2H3. The maximum atomic E-state index is 9.52. The van der Waals surface area contributed by atoms with Crippen molar-refractivity contribution in [3.63, 3.8) is 0 Å². The molecule has 5 heteroatoms. The van der Waals surface area contributed by atoms with Gasteiger partial charge in [0.1, 0.15) is 12.4 Å². The molecular weight excluding hydrogens is 284 g/mol. The first kappa shape index (κ1) is 14.4. The highest BCUT2D eigenvalue weighted by Gasteiger charge is 2.21. The number of nitrogens with zero attached hydrogens (tertiary/aromatic N) is 2. The number of rotatable bonds is 3. The van der Waals surface area contributed by atoms with Crippen molar-refractivity contribution in [2.75, 3.05) is 18.1 Å². The Kier molecular flexibility index (Phi) is 4.12. The number of anilines is 1. The van der Waals surface area contributed by atoms with E-state index in [-0.39, 0.29) is 6.61 Å². The smallest absolute Gasteiger partial charge is 0.186 e. The maximum Gasteiger partial charge on any atom is 0.186 e. The van der Waals surface area contributed by atoms with Gasteiger partial charge in [0.2, 0.25) is 0 Å². The predicted molar refractivity (Wildman–Crippen MR) is 85.1 cm³/mol. The average molecular weight is 304 g/mol. The van der Waals surface area contributed by atoms with Crippen LogP contribution in [-0.4, -0.2) is 23.2 Å². The van der Waals surface area contributed by atoms with Crippen molar-refractivity contribution in [3.8, 4) is 5.75 Å². The molecule has 1 N–H and O–H groups in total. The van der Waals surface area contributed by atoms with Gasteiger partial charge in [-0.15, -0.1) is 0 Å². The molecular formula is C16H20N2O2S. The summed E-state index contributed by atoms with van der Waals surface area (Å²) in [6.07, 6.45) is 0. The number of para-hydroxylation sites is 1. The summed E-state index contributed by atoms with van der Waals surface area (Å²) in [6, 6.07) is 8.14. The fourth-order valence-corrected chi connectivity index (χ4v) is 3.64. The predicted octanol–water partition coefficient (Wildman–Crippen LogP) is 3.16. The largest absolute Gasteiger partial charge is 0.491 e. The van der Waals surface area contributed by atoms with E-state index < -0.39 is 0 Å². The molecule has 1 aliphatic heterocycles. The van der Waals surface area contributed by atoms with E-state index in [0.29, 0.717) is 12.5 Å². The molecule has 0 amide bonds. The first-order valence-electron chi connectivity index (χ1n) is 7.25. The summed E-state index contributed by atoms with van der Waals surface area (Å²) in [5, 5.41) is 10.5. The molecule has 0 aliphatic carbocycles. The molecule has 2 aromatic rings. The number of fused-ring (bicyclic) bond motifs is 1. The minimum Gasteiger partial charge on any atom is -0.491 e. The van der Waals surface area contributed by atoms with Crippen LogP contribution >= 0.6 is 11.3 Å². The van der Waals surface area contributed by atoms with Gasteiger partial charge in [0.15, 0.2) is 5.13 Å². The molecule has 21 heavy (non-hydrogen) atoms. The van der Waals surface area contributed by atoms with Crippen molar-refractivity contribution in [1.82, 2.24) is 4.98 Å². The number of hydrogen-bond acceptors (Lipinski definition) is 5. The van der Waals surface area contributed by atoms with E-state index in [2.05, 4.69) is 24.8 Å². The molecule has 0 bridgehead atoms. The van der Waals surface area contributed by atoms with E-state index >= 15 is 0 Å². The monoisotopic (exact) mass is 304 g/mol. The zero-order valence-corrected chi connectivity index (χ0v) is 13.2. The minimum absolute atomic E-state index is 0.0616. The molecule has 1 aromatic carbocycles. The van der Waals surface area contributed by atoms with Gasteiger partial charge in [-0.1, -0.05) is 43.4 Å². The molecule has 0 saturated heterocycles. The van der Waals surface area contributed by atoms with Crippen LogP contribution in [0.2, 0.25) is 0 Å². The van der Waals surface area contributed by atoms with Crippen molar-refractivity contribution in [2.45, 2.75) is 32.9 Å².